The lowest BCUT2D eigenvalue weighted by molar-refractivity contribution is -0.132. The molecule has 3 amide bonds. The third-order valence-electron chi connectivity index (χ3n) is 7.13. The fourth-order valence-corrected chi connectivity index (χ4v) is 6.39. The number of hydrogen-bond acceptors (Lipinski definition) is 4. The van der Waals surface area contributed by atoms with Crippen molar-refractivity contribution in [2.45, 2.75) is 63.5 Å². The molecule has 4 rings (SSSR count). The maximum Gasteiger partial charge on any atom is 0.317 e. The lowest BCUT2D eigenvalue weighted by Gasteiger charge is -2.46. The van der Waals surface area contributed by atoms with Gasteiger partial charge >= 0.3 is 6.03 Å². The summed E-state index contributed by atoms with van der Waals surface area (Å²) in [5, 5.41) is 3.21. The van der Waals surface area contributed by atoms with E-state index in [1.54, 1.807) is 12.1 Å². The summed E-state index contributed by atoms with van der Waals surface area (Å²) in [5.74, 6) is 0.475. The molecule has 3 fully saturated rings. The highest BCUT2D eigenvalue weighted by Crippen LogP contribution is 2.32. The molecule has 7 nitrogen and oxygen atoms in total. The Kier molecular flexibility index (Phi) is 7.44. The molecule has 9 heteroatoms. The quantitative estimate of drug-likeness (QED) is 0.407. The minimum atomic E-state index is -0.0818. The summed E-state index contributed by atoms with van der Waals surface area (Å²) in [7, 11) is 0. The highest BCUT2D eigenvalue weighted by molar-refractivity contribution is 9.11. The van der Waals surface area contributed by atoms with Crippen molar-refractivity contribution in [2.75, 3.05) is 25.4 Å². The lowest BCUT2D eigenvalue weighted by atomic mass is 9.82. The van der Waals surface area contributed by atoms with Crippen molar-refractivity contribution in [3.8, 4) is 0 Å². The van der Waals surface area contributed by atoms with Crippen LogP contribution < -0.4 is 11.1 Å². The van der Waals surface area contributed by atoms with Crippen LogP contribution in [0.1, 0.15) is 61.7 Å². The zero-order valence-corrected chi connectivity index (χ0v) is 21.3. The molecule has 1 aromatic rings. The molecule has 32 heavy (non-hydrogen) atoms. The van der Waals surface area contributed by atoms with Gasteiger partial charge in [0.1, 0.15) is 0 Å². The molecule has 3 N–H and O–H groups in total. The molecule has 2 unspecified atom stereocenters. The average Bonchev–Trinajstić information content (AvgIpc) is 2.80. The first-order valence-electron chi connectivity index (χ1n) is 11.5. The molecular weight excluding hydrogens is 540 g/mol. The number of Topliss-reactive ketones (excluding diaryl/α,β-unsaturated/α-hetero) is 1. The van der Waals surface area contributed by atoms with Crippen LogP contribution in [0, 0.1) is 5.92 Å². The van der Waals surface area contributed by atoms with Crippen LogP contribution in [-0.4, -0.2) is 59.2 Å². The molecule has 0 aromatic heterocycles. The normalized spacial score (nSPS) is 24.1. The van der Waals surface area contributed by atoms with E-state index in [1.807, 2.05) is 9.80 Å². The number of carbonyl (C=O) groups excluding carboxylic acids is 3. The van der Waals surface area contributed by atoms with Crippen LogP contribution >= 0.6 is 31.9 Å². The monoisotopic (exact) mass is 568 g/mol. The van der Waals surface area contributed by atoms with Gasteiger partial charge in [0.15, 0.2) is 5.78 Å². The van der Waals surface area contributed by atoms with Crippen LogP contribution in [0.4, 0.5) is 10.5 Å². The van der Waals surface area contributed by atoms with Crippen molar-refractivity contribution < 1.29 is 14.4 Å². The lowest BCUT2D eigenvalue weighted by Crippen LogP contribution is -2.61. The van der Waals surface area contributed by atoms with E-state index >= 15 is 0 Å². The largest absolute Gasteiger partial charge is 0.397 e. The molecule has 0 radical (unpaired) electrons. The van der Waals surface area contributed by atoms with Crippen LogP contribution in [-0.2, 0) is 4.79 Å². The van der Waals surface area contributed by atoms with Crippen LogP contribution in [0.25, 0.3) is 0 Å². The van der Waals surface area contributed by atoms with Crippen LogP contribution in [0.2, 0.25) is 0 Å². The van der Waals surface area contributed by atoms with E-state index in [1.165, 1.54) is 19.3 Å². The molecule has 3 aliphatic rings. The first-order valence-corrected chi connectivity index (χ1v) is 13.0. The van der Waals surface area contributed by atoms with Gasteiger partial charge in [-0.05, 0) is 75.6 Å². The number of amides is 3. The van der Waals surface area contributed by atoms with E-state index in [4.69, 9.17) is 5.73 Å². The molecule has 1 saturated carbocycles. The van der Waals surface area contributed by atoms with Crippen molar-refractivity contribution in [1.29, 1.82) is 0 Å². The highest BCUT2D eigenvalue weighted by Gasteiger charge is 2.39. The summed E-state index contributed by atoms with van der Waals surface area (Å²) in [6, 6.07) is 3.98. The van der Waals surface area contributed by atoms with Crippen molar-refractivity contribution in [2.24, 2.45) is 5.92 Å². The number of ketones is 1. The van der Waals surface area contributed by atoms with Crippen LogP contribution in [0.5, 0.6) is 0 Å². The van der Waals surface area contributed by atoms with Gasteiger partial charge in [-0.25, -0.2) is 4.79 Å². The van der Waals surface area contributed by atoms with E-state index in [0.29, 0.717) is 45.2 Å². The Labute approximate surface area is 205 Å². The van der Waals surface area contributed by atoms with Crippen molar-refractivity contribution in [1.82, 2.24) is 15.1 Å². The van der Waals surface area contributed by atoms with Crippen molar-refractivity contribution in [3.05, 3.63) is 26.6 Å². The Bertz CT molecular complexity index is 878. The van der Waals surface area contributed by atoms with E-state index in [9.17, 15) is 14.4 Å². The number of piperidine rings is 1. The van der Waals surface area contributed by atoms with Gasteiger partial charge < -0.3 is 20.9 Å². The minimum Gasteiger partial charge on any atom is -0.397 e. The Morgan fingerprint density at radius 3 is 2.38 bits per heavy atom. The molecular formula is C23H30Br2N4O3. The van der Waals surface area contributed by atoms with Gasteiger partial charge in [-0.3, -0.25) is 9.59 Å². The summed E-state index contributed by atoms with van der Waals surface area (Å²) in [6.07, 6.45) is 6.69. The summed E-state index contributed by atoms with van der Waals surface area (Å²) in [6.45, 7) is 2.11. The Morgan fingerprint density at radius 1 is 1.03 bits per heavy atom. The molecule has 1 aliphatic carbocycles. The number of benzene rings is 1. The van der Waals surface area contributed by atoms with Crippen LogP contribution in [0.3, 0.4) is 0 Å². The number of halogens is 2. The number of nitrogens with two attached hydrogens (primary N) is 1. The summed E-state index contributed by atoms with van der Waals surface area (Å²) in [5.41, 5.74) is 6.95. The fourth-order valence-electron chi connectivity index (χ4n) is 5.20. The smallest absolute Gasteiger partial charge is 0.317 e. The van der Waals surface area contributed by atoms with E-state index in [2.05, 4.69) is 37.2 Å². The van der Waals surface area contributed by atoms with E-state index in [0.717, 1.165) is 25.8 Å². The maximum absolute atomic E-state index is 12.7. The maximum atomic E-state index is 12.7. The van der Waals surface area contributed by atoms with Gasteiger partial charge in [0.25, 0.3) is 0 Å². The second-order valence-electron chi connectivity index (χ2n) is 9.14. The number of anilines is 1. The second kappa shape index (κ2) is 10.1. The highest BCUT2D eigenvalue weighted by atomic mass is 79.9. The second-order valence-corrected chi connectivity index (χ2v) is 10.9. The first kappa shape index (κ1) is 23.5. The molecule has 2 aliphatic heterocycles. The molecule has 2 saturated heterocycles. The number of fused-ring (bicyclic) bond motifs is 1. The standard InChI is InChI=1S/C23H30Br2N4O3/c24-17-11-15(12-18(25)22(17)26)20(30)5-6-21(31)28-9-7-16(8-10-28)29-13-14-3-1-2-4-19(14)27-23(29)32/h11-12,14,16,19H,1-10,13,26H2,(H,27,32). The van der Waals surface area contributed by atoms with Gasteiger partial charge in [-0.2, -0.15) is 0 Å². The van der Waals surface area contributed by atoms with Gasteiger partial charge in [0, 0.05) is 59.1 Å². The van der Waals surface area contributed by atoms with Crippen LogP contribution in [0.15, 0.2) is 21.1 Å². The van der Waals surface area contributed by atoms with Gasteiger partial charge in [0.2, 0.25) is 5.91 Å². The third kappa shape index (κ3) is 5.14. The van der Waals surface area contributed by atoms with Gasteiger partial charge in [-0.1, -0.05) is 12.8 Å². The molecule has 174 valence electrons. The number of carbonyl (C=O) groups is 3. The predicted molar refractivity (Wildman–Crippen MR) is 130 cm³/mol. The number of rotatable bonds is 5. The summed E-state index contributed by atoms with van der Waals surface area (Å²) >= 11 is 6.71. The number of nitrogens with one attached hydrogen (secondary N) is 1. The molecule has 0 spiro atoms. The Balaban J connectivity index is 1.26. The SMILES string of the molecule is Nc1c(Br)cc(C(=O)CCC(=O)N2CCC(N3CC4CCCCC4NC3=O)CC2)cc1Br. The average molecular weight is 570 g/mol. The Hall–Kier alpha value is -1.61. The molecule has 2 atom stereocenters. The van der Waals surface area contributed by atoms with Gasteiger partial charge in [-0.15, -0.1) is 0 Å². The fraction of sp³-hybridized carbons (Fsp3) is 0.609. The molecule has 1 aromatic carbocycles. The number of nitrogens with zero attached hydrogens (tertiary/aromatic N) is 2. The zero-order chi connectivity index (χ0) is 22.8. The van der Waals surface area contributed by atoms with Crippen molar-refractivity contribution in [3.63, 3.8) is 0 Å². The molecule has 2 heterocycles. The minimum absolute atomic E-state index is 0.000756. The topological polar surface area (TPSA) is 95.7 Å². The first-order chi connectivity index (χ1) is 15.3. The van der Waals surface area contributed by atoms with E-state index in [-0.39, 0.29) is 36.6 Å². The summed E-state index contributed by atoms with van der Waals surface area (Å²) < 4.78 is 1.31. The summed E-state index contributed by atoms with van der Waals surface area (Å²) in [4.78, 5) is 41.7. The zero-order valence-electron chi connectivity index (χ0n) is 18.1. The number of likely N-dealkylation sites (tertiary alicyclic amines) is 1. The number of urea groups is 1. The number of nitrogen functional groups attached to an aromatic ring is 1. The van der Waals surface area contributed by atoms with Gasteiger partial charge in [0.05, 0.1) is 5.69 Å². The Morgan fingerprint density at radius 2 is 1.69 bits per heavy atom. The van der Waals surface area contributed by atoms with E-state index < -0.39 is 0 Å². The predicted octanol–water partition coefficient (Wildman–Crippen LogP) is 4.33. The third-order valence-corrected chi connectivity index (χ3v) is 8.45. The molecule has 0 bridgehead atoms. The number of hydrogen-bond donors (Lipinski definition) is 2. The van der Waals surface area contributed by atoms with Crippen molar-refractivity contribution >= 4 is 55.3 Å².